The number of anilines is 1. The van der Waals surface area contributed by atoms with Gasteiger partial charge in [0.1, 0.15) is 11.8 Å². The van der Waals surface area contributed by atoms with E-state index in [1.54, 1.807) is 13.3 Å². The van der Waals surface area contributed by atoms with Crippen LogP contribution in [-0.4, -0.2) is 12.1 Å². The second kappa shape index (κ2) is 5.87. The van der Waals surface area contributed by atoms with Gasteiger partial charge in [-0.3, -0.25) is 4.98 Å². The minimum absolute atomic E-state index is 0.545. The van der Waals surface area contributed by atoms with Gasteiger partial charge in [0, 0.05) is 12.2 Å². The fourth-order valence-corrected chi connectivity index (χ4v) is 1.73. The molecule has 0 radical (unpaired) electrons. The summed E-state index contributed by atoms with van der Waals surface area (Å²) in [7, 11) is 1.56. The van der Waals surface area contributed by atoms with E-state index in [0.717, 1.165) is 16.9 Å². The van der Waals surface area contributed by atoms with Gasteiger partial charge in [0.05, 0.1) is 24.6 Å². The van der Waals surface area contributed by atoms with Crippen molar-refractivity contribution in [3.05, 3.63) is 53.3 Å². The van der Waals surface area contributed by atoms with Gasteiger partial charge < -0.3 is 10.1 Å². The van der Waals surface area contributed by atoms with Crippen LogP contribution in [0.4, 0.5) is 5.69 Å². The van der Waals surface area contributed by atoms with E-state index in [1.807, 2.05) is 37.3 Å². The van der Waals surface area contributed by atoms with Gasteiger partial charge in [-0.2, -0.15) is 5.26 Å². The first kappa shape index (κ1) is 12.9. The maximum atomic E-state index is 9.03. The highest BCUT2D eigenvalue weighted by atomic mass is 16.5. The van der Waals surface area contributed by atoms with Gasteiger partial charge in [-0.25, -0.2) is 0 Å². The Labute approximate surface area is 112 Å². The molecule has 1 aromatic carbocycles. The number of methoxy groups -OCH3 is 1. The lowest BCUT2D eigenvalue weighted by atomic mass is 10.1. The molecule has 0 unspecified atom stereocenters. The van der Waals surface area contributed by atoms with Crippen LogP contribution in [0, 0.1) is 18.3 Å². The Hall–Kier alpha value is -2.54. The van der Waals surface area contributed by atoms with Crippen LogP contribution in [0.25, 0.3) is 0 Å². The number of rotatable bonds is 4. The summed E-state index contributed by atoms with van der Waals surface area (Å²) in [6, 6.07) is 11.6. The van der Waals surface area contributed by atoms with Crippen LogP contribution >= 0.6 is 0 Å². The van der Waals surface area contributed by atoms with Crippen molar-refractivity contribution in [3.8, 4) is 11.8 Å². The molecule has 0 aliphatic rings. The van der Waals surface area contributed by atoms with E-state index >= 15 is 0 Å². The molecule has 1 aromatic heterocycles. The van der Waals surface area contributed by atoms with Crippen molar-refractivity contribution in [3.63, 3.8) is 0 Å². The number of pyridine rings is 1. The molecule has 96 valence electrons. The predicted molar refractivity (Wildman–Crippen MR) is 74.0 cm³/mol. The topological polar surface area (TPSA) is 57.9 Å². The highest BCUT2D eigenvalue weighted by Gasteiger charge is 2.03. The molecule has 0 fully saturated rings. The quantitative estimate of drug-likeness (QED) is 0.910. The molecule has 2 rings (SSSR count). The van der Waals surface area contributed by atoms with Crippen molar-refractivity contribution < 1.29 is 4.74 Å². The highest BCUT2D eigenvalue weighted by molar-refractivity contribution is 5.47. The monoisotopic (exact) mass is 253 g/mol. The van der Waals surface area contributed by atoms with E-state index in [2.05, 4.69) is 16.4 Å². The van der Waals surface area contributed by atoms with Crippen LogP contribution in [0.3, 0.4) is 0 Å². The molecule has 0 amide bonds. The van der Waals surface area contributed by atoms with Crippen molar-refractivity contribution in [1.29, 1.82) is 5.26 Å². The SMILES string of the molecule is COc1ccc(CNc2ccc(C)nc2)cc1C#N. The summed E-state index contributed by atoms with van der Waals surface area (Å²) < 4.78 is 5.11. The van der Waals surface area contributed by atoms with Gasteiger partial charge in [0.2, 0.25) is 0 Å². The molecule has 19 heavy (non-hydrogen) atoms. The summed E-state index contributed by atoms with van der Waals surface area (Å²) in [6.45, 7) is 2.59. The zero-order valence-electron chi connectivity index (χ0n) is 11.0. The Kier molecular flexibility index (Phi) is 3.99. The third-order valence-corrected chi connectivity index (χ3v) is 2.79. The fourth-order valence-electron chi connectivity index (χ4n) is 1.73. The number of nitrogens with one attached hydrogen (secondary N) is 1. The van der Waals surface area contributed by atoms with E-state index < -0.39 is 0 Å². The number of ether oxygens (including phenoxy) is 1. The zero-order valence-corrected chi connectivity index (χ0v) is 11.0. The number of hydrogen-bond donors (Lipinski definition) is 1. The number of nitriles is 1. The number of nitrogens with zero attached hydrogens (tertiary/aromatic N) is 2. The van der Waals surface area contributed by atoms with Crippen molar-refractivity contribution in [2.75, 3.05) is 12.4 Å². The van der Waals surface area contributed by atoms with E-state index in [1.165, 1.54) is 0 Å². The largest absolute Gasteiger partial charge is 0.495 e. The maximum Gasteiger partial charge on any atom is 0.136 e. The first-order chi connectivity index (χ1) is 9.22. The molecule has 1 heterocycles. The van der Waals surface area contributed by atoms with Crippen molar-refractivity contribution in [2.45, 2.75) is 13.5 Å². The van der Waals surface area contributed by atoms with Gasteiger partial charge in [0.25, 0.3) is 0 Å². The van der Waals surface area contributed by atoms with Gasteiger partial charge in [0.15, 0.2) is 0 Å². The molecule has 0 spiro atoms. The van der Waals surface area contributed by atoms with E-state index in [4.69, 9.17) is 10.00 Å². The Morgan fingerprint density at radius 2 is 2.16 bits per heavy atom. The minimum Gasteiger partial charge on any atom is -0.495 e. The minimum atomic E-state index is 0.545. The molecule has 0 aliphatic carbocycles. The number of aromatic nitrogens is 1. The zero-order chi connectivity index (χ0) is 13.7. The summed E-state index contributed by atoms with van der Waals surface area (Å²) in [4.78, 5) is 4.22. The third-order valence-electron chi connectivity index (χ3n) is 2.79. The molecule has 2 aromatic rings. The smallest absolute Gasteiger partial charge is 0.136 e. The number of aryl methyl sites for hydroxylation is 1. The standard InChI is InChI=1S/C15H15N3O/c1-11-3-5-14(10-17-11)18-9-12-4-6-15(19-2)13(7-12)8-16/h3-7,10,18H,9H2,1-2H3. The summed E-state index contributed by atoms with van der Waals surface area (Å²) in [5.41, 5.74) is 3.52. The van der Waals surface area contributed by atoms with E-state index in [-0.39, 0.29) is 0 Å². The second-order valence-corrected chi connectivity index (χ2v) is 4.19. The molecule has 1 N–H and O–H groups in total. The second-order valence-electron chi connectivity index (χ2n) is 4.19. The van der Waals surface area contributed by atoms with Crippen LogP contribution < -0.4 is 10.1 Å². The predicted octanol–water partition coefficient (Wildman–Crippen LogP) is 2.88. The molecular formula is C15H15N3O. The maximum absolute atomic E-state index is 9.03. The van der Waals surface area contributed by atoms with Gasteiger partial charge >= 0.3 is 0 Å². The van der Waals surface area contributed by atoms with Crippen molar-refractivity contribution >= 4 is 5.69 Å². The van der Waals surface area contributed by atoms with Crippen LogP contribution in [-0.2, 0) is 6.54 Å². The van der Waals surface area contributed by atoms with Crippen molar-refractivity contribution in [2.24, 2.45) is 0 Å². The molecule has 0 aliphatic heterocycles. The number of hydrogen-bond acceptors (Lipinski definition) is 4. The third kappa shape index (κ3) is 3.23. The van der Waals surface area contributed by atoms with E-state index in [0.29, 0.717) is 17.9 Å². The average molecular weight is 253 g/mol. The first-order valence-corrected chi connectivity index (χ1v) is 5.96. The Morgan fingerprint density at radius 3 is 2.79 bits per heavy atom. The normalized spacial score (nSPS) is 9.74. The van der Waals surface area contributed by atoms with Crippen LogP contribution in [0.5, 0.6) is 5.75 Å². The molecule has 0 atom stereocenters. The lowest BCUT2D eigenvalue weighted by Gasteiger charge is -2.08. The Bertz CT molecular complexity index is 600. The summed E-state index contributed by atoms with van der Waals surface area (Å²) in [5, 5.41) is 12.3. The Balaban J connectivity index is 2.08. The lowest BCUT2D eigenvalue weighted by molar-refractivity contribution is 0.413. The molecule has 0 bridgehead atoms. The molecule has 0 saturated heterocycles. The molecule has 0 saturated carbocycles. The first-order valence-electron chi connectivity index (χ1n) is 5.96. The van der Waals surface area contributed by atoms with Gasteiger partial charge in [-0.05, 0) is 36.8 Å². The van der Waals surface area contributed by atoms with Crippen LogP contribution in [0.15, 0.2) is 36.5 Å². The average Bonchev–Trinajstić information content (AvgIpc) is 2.46. The molecular weight excluding hydrogens is 238 g/mol. The Morgan fingerprint density at radius 1 is 1.32 bits per heavy atom. The number of benzene rings is 1. The lowest BCUT2D eigenvalue weighted by Crippen LogP contribution is -2.01. The van der Waals surface area contributed by atoms with E-state index in [9.17, 15) is 0 Å². The summed E-state index contributed by atoms with van der Waals surface area (Å²) in [6.07, 6.45) is 1.80. The fraction of sp³-hybridized carbons (Fsp3) is 0.200. The van der Waals surface area contributed by atoms with Crippen LogP contribution in [0.2, 0.25) is 0 Å². The summed E-state index contributed by atoms with van der Waals surface area (Å²) in [5.74, 6) is 0.600. The molecule has 4 heteroatoms. The van der Waals surface area contributed by atoms with Gasteiger partial charge in [-0.1, -0.05) is 6.07 Å². The summed E-state index contributed by atoms with van der Waals surface area (Å²) >= 11 is 0. The highest BCUT2D eigenvalue weighted by Crippen LogP contribution is 2.19. The molecule has 4 nitrogen and oxygen atoms in total. The van der Waals surface area contributed by atoms with Crippen LogP contribution in [0.1, 0.15) is 16.8 Å². The van der Waals surface area contributed by atoms with Gasteiger partial charge in [-0.15, -0.1) is 0 Å². The van der Waals surface area contributed by atoms with Crippen molar-refractivity contribution in [1.82, 2.24) is 4.98 Å².